The second kappa shape index (κ2) is 5.15. The monoisotopic (exact) mass is 309 g/mol. The summed E-state index contributed by atoms with van der Waals surface area (Å²) in [6.07, 6.45) is -1.67. The van der Waals surface area contributed by atoms with Crippen LogP contribution in [0, 0.1) is 0 Å². The lowest BCUT2D eigenvalue weighted by Gasteiger charge is -2.33. The van der Waals surface area contributed by atoms with Crippen molar-refractivity contribution in [3.8, 4) is 11.5 Å². The molecule has 22 heavy (non-hydrogen) atoms. The standard InChI is InChI=1S/C15H16FNO5/c1-9-12(22-11-5-3-2-4-10(11)21-9)13(18)17-7-6-15(16,8-17)14(19)20/h2-5,9,12H,6-8H2,1H3,(H,19,20). The summed E-state index contributed by atoms with van der Waals surface area (Å²) in [5.74, 6) is -1.00. The van der Waals surface area contributed by atoms with Crippen LogP contribution < -0.4 is 9.47 Å². The molecule has 3 rings (SSSR count). The molecule has 2 aliphatic rings. The molecule has 0 spiro atoms. The van der Waals surface area contributed by atoms with E-state index in [-0.39, 0.29) is 13.0 Å². The maximum atomic E-state index is 14.1. The predicted molar refractivity (Wildman–Crippen MR) is 73.6 cm³/mol. The molecule has 1 amide bonds. The third kappa shape index (κ3) is 2.36. The van der Waals surface area contributed by atoms with Crippen molar-refractivity contribution in [2.24, 2.45) is 0 Å². The molecule has 1 aromatic carbocycles. The Morgan fingerprint density at radius 2 is 1.95 bits per heavy atom. The lowest BCUT2D eigenvalue weighted by atomic mass is 10.1. The van der Waals surface area contributed by atoms with Crippen LogP contribution in [0.5, 0.6) is 11.5 Å². The Labute approximate surface area is 126 Å². The second-order valence-corrected chi connectivity index (χ2v) is 5.59. The van der Waals surface area contributed by atoms with E-state index in [1.807, 2.05) is 0 Å². The lowest BCUT2D eigenvalue weighted by Crippen LogP contribution is -2.51. The molecule has 2 heterocycles. The Balaban J connectivity index is 1.75. The smallest absolute Gasteiger partial charge is 0.343 e. The lowest BCUT2D eigenvalue weighted by molar-refractivity contribution is -0.151. The summed E-state index contributed by atoms with van der Waals surface area (Å²) in [4.78, 5) is 24.6. The van der Waals surface area contributed by atoms with Crippen LogP contribution in [-0.4, -0.2) is 52.8 Å². The molecule has 3 unspecified atom stereocenters. The number of ether oxygens (including phenoxy) is 2. The fourth-order valence-electron chi connectivity index (χ4n) is 2.71. The largest absolute Gasteiger partial charge is 0.482 e. The molecule has 2 aliphatic heterocycles. The van der Waals surface area contributed by atoms with Gasteiger partial charge in [-0.3, -0.25) is 4.79 Å². The second-order valence-electron chi connectivity index (χ2n) is 5.59. The number of carbonyl (C=O) groups excluding carboxylic acids is 1. The number of rotatable bonds is 2. The topological polar surface area (TPSA) is 76.1 Å². The average molecular weight is 309 g/mol. The number of carboxylic acid groups (broad SMARTS) is 1. The van der Waals surface area contributed by atoms with Crippen LogP contribution in [0.15, 0.2) is 24.3 Å². The van der Waals surface area contributed by atoms with E-state index in [1.165, 1.54) is 4.90 Å². The Bertz CT molecular complexity index is 622. The molecule has 0 bridgehead atoms. The quantitative estimate of drug-likeness (QED) is 0.889. The normalized spacial score (nSPS) is 30.2. The SMILES string of the molecule is CC1Oc2ccccc2OC1C(=O)N1CCC(F)(C(=O)O)C1. The molecule has 6 nitrogen and oxygen atoms in total. The number of amides is 1. The highest BCUT2D eigenvalue weighted by Crippen LogP contribution is 2.35. The minimum Gasteiger partial charge on any atom is -0.482 e. The number of fused-ring (bicyclic) bond motifs is 1. The number of carboxylic acids is 1. The molecule has 0 saturated carbocycles. The first-order valence-electron chi connectivity index (χ1n) is 7.04. The molecule has 118 valence electrons. The van der Waals surface area contributed by atoms with Crippen LogP contribution >= 0.6 is 0 Å². The number of halogens is 1. The first-order valence-corrected chi connectivity index (χ1v) is 7.04. The summed E-state index contributed by atoms with van der Waals surface area (Å²) in [5, 5.41) is 8.90. The summed E-state index contributed by atoms with van der Waals surface area (Å²) in [7, 11) is 0. The molecule has 0 aliphatic carbocycles. The fraction of sp³-hybridized carbons (Fsp3) is 0.467. The average Bonchev–Trinajstić information content (AvgIpc) is 2.90. The van der Waals surface area contributed by atoms with Gasteiger partial charge in [-0.15, -0.1) is 0 Å². The van der Waals surface area contributed by atoms with Gasteiger partial charge in [-0.25, -0.2) is 9.18 Å². The van der Waals surface area contributed by atoms with Gasteiger partial charge in [0, 0.05) is 13.0 Å². The zero-order chi connectivity index (χ0) is 15.9. The molecule has 1 fully saturated rings. The summed E-state index contributed by atoms with van der Waals surface area (Å²) in [5.41, 5.74) is -2.38. The van der Waals surface area contributed by atoms with Crippen LogP contribution in [0.4, 0.5) is 4.39 Å². The highest BCUT2D eigenvalue weighted by molar-refractivity contribution is 5.85. The van der Waals surface area contributed by atoms with Gasteiger partial charge in [0.25, 0.3) is 5.91 Å². The van der Waals surface area contributed by atoms with Crippen LogP contribution in [0.3, 0.4) is 0 Å². The fourth-order valence-corrected chi connectivity index (χ4v) is 2.71. The van der Waals surface area contributed by atoms with Crippen molar-refractivity contribution >= 4 is 11.9 Å². The predicted octanol–water partition coefficient (Wildman–Crippen LogP) is 1.24. The first-order chi connectivity index (χ1) is 10.4. The summed E-state index contributed by atoms with van der Waals surface area (Å²) in [6, 6.07) is 6.97. The van der Waals surface area contributed by atoms with Gasteiger partial charge in [0.05, 0.1) is 6.54 Å². The van der Waals surface area contributed by atoms with Gasteiger partial charge in [0.15, 0.2) is 11.5 Å². The Kier molecular flexibility index (Phi) is 3.42. The molecule has 1 aromatic rings. The number of benzene rings is 1. The van der Waals surface area contributed by atoms with Crippen molar-refractivity contribution in [3.63, 3.8) is 0 Å². The highest BCUT2D eigenvalue weighted by atomic mass is 19.1. The van der Waals surface area contributed by atoms with Crippen LogP contribution in [0.2, 0.25) is 0 Å². The van der Waals surface area contributed by atoms with Gasteiger partial charge in [0.2, 0.25) is 11.8 Å². The third-order valence-corrected chi connectivity index (χ3v) is 4.00. The van der Waals surface area contributed by atoms with E-state index < -0.39 is 36.3 Å². The number of hydrogen-bond acceptors (Lipinski definition) is 4. The number of para-hydroxylation sites is 2. The number of hydrogen-bond donors (Lipinski definition) is 1. The van der Waals surface area contributed by atoms with Crippen molar-refractivity contribution in [3.05, 3.63) is 24.3 Å². The van der Waals surface area contributed by atoms with E-state index in [1.54, 1.807) is 31.2 Å². The van der Waals surface area contributed by atoms with Crippen molar-refractivity contribution in [1.29, 1.82) is 0 Å². The van der Waals surface area contributed by atoms with Crippen LogP contribution in [0.1, 0.15) is 13.3 Å². The summed E-state index contributed by atoms with van der Waals surface area (Å²) >= 11 is 0. The van der Waals surface area contributed by atoms with Crippen LogP contribution in [-0.2, 0) is 9.59 Å². The van der Waals surface area contributed by atoms with E-state index in [0.717, 1.165) is 0 Å². The zero-order valence-electron chi connectivity index (χ0n) is 12.0. The minimum atomic E-state index is -2.38. The molecule has 0 radical (unpaired) electrons. The highest BCUT2D eigenvalue weighted by Gasteiger charge is 2.49. The van der Waals surface area contributed by atoms with E-state index in [9.17, 15) is 14.0 Å². The van der Waals surface area contributed by atoms with Crippen molar-refractivity contribution in [1.82, 2.24) is 4.90 Å². The van der Waals surface area contributed by atoms with Gasteiger partial charge in [-0.2, -0.15) is 0 Å². The molecule has 0 aromatic heterocycles. The van der Waals surface area contributed by atoms with E-state index in [2.05, 4.69) is 0 Å². The Morgan fingerprint density at radius 3 is 2.55 bits per heavy atom. The first kappa shape index (κ1) is 14.6. The van der Waals surface area contributed by atoms with Gasteiger partial charge in [0.1, 0.15) is 6.10 Å². The van der Waals surface area contributed by atoms with E-state index >= 15 is 0 Å². The number of alkyl halides is 1. The molecule has 1 saturated heterocycles. The van der Waals surface area contributed by atoms with Crippen molar-refractivity contribution < 1.29 is 28.6 Å². The molecule has 3 atom stereocenters. The van der Waals surface area contributed by atoms with Crippen LogP contribution in [0.25, 0.3) is 0 Å². The van der Waals surface area contributed by atoms with E-state index in [4.69, 9.17) is 14.6 Å². The maximum Gasteiger partial charge on any atom is 0.343 e. The third-order valence-electron chi connectivity index (χ3n) is 4.00. The Morgan fingerprint density at radius 1 is 1.32 bits per heavy atom. The summed E-state index contributed by atoms with van der Waals surface area (Å²) in [6.45, 7) is 1.28. The molecule has 1 N–H and O–H groups in total. The summed E-state index contributed by atoms with van der Waals surface area (Å²) < 4.78 is 25.4. The molecule has 7 heteroatoms. The number of aliphatic carboxylic acids is 1. The van der Waals surface area contributed by atoms with Gasteiger partial charge in [-0.1, -0.05) is 12.1 Å². The molecular weight excluding hydrogens is 293 g/mol. The van der Waals surface area contributed by atoms with Gasteiger partial charge in [-0.05, 0) is 19.1 Å². The van der Waals surface area contributed by atoms with Crippen molar-refractivity contribution in [2.75, 3.05) is 13.1 Å². The number of nitrogens with zero attached hydrogens (tertiary/aromatic N) is 1. The number of likely N-dealkylation sites (tertiary alicyclic amines) is 1. The van der Waals surface area contributed by atoms with Gasteiger partial charge >= 0.3 is 5.97 Å². The minimum absolute atomic E-state index is 0.0514. The Hall–Kier alpha value is -2.31. The van der Waals surface area contributed by atoms with Crippen molar-refractivity contribution in [2.45, 2.75) is 31.2 Å². The zero-order valence-corrected chi connectivity index (χ0v) is 12.0. The number of carbonyl (C=O) groups is 2. The maximum absolute atomic E-state index is 14.1. The van der Waals surface area contributed by atoms with E-state index in [0.29, 0.717) is 11.5 Å². The van der Waals surface area contributed by atoms with Gasteiger partial charge < -0.3 is 19.5 Å². The molecular formula is C15H16FNO5.